The van der Waals surface area contributed by atoms with Gasteiger partial charge in [0.05, 0.1) is 13.2 Å². The lowest BCUT2D eigenvalue weighted by molar-refractivity contribution is -0.123. The first kappa shape index (κ1) is 19.4. The molecule has 0 spiro atoms. The zero-order valence-corrected chi connectivity index (χ0v) is 16.0. The van der Waals surface area contributed by atoms with Crippen molar-refractivity contribution in [3.05, 3.63) is 23.2 Å². The van der Waals surface area contributed by atoms with Crippen molar-refractivity contribution < 1.29 is 22.7 Å². The highest BCUT2D eigenvalue weighted by Gasteiger charge is 2.30. The predicted molar refractivity (Wildman–Crippen MR) is 96.9 cm³/mol. The second kappa shape index (κ2) is 8.56. The van der Waals surface area contributed by atoms with Crippen molar-refractivity contribution in [3.63, 3.8) is 0 Å². The molecule has 0 atom stereocenters. The number of carbonyl (C=O) groups excluding carboxylic acids is 1. The summed E-state index contributed by atoms with van der Waals surface area (Å²) in [6, 6.07) is 4.58. The van der Waals surface area contributed by atoms with E-state index in [9.17, 15) is 13.2 Å². The minimum Gasteiger partial charge on any atom is -0.482 e. The molecule has 1 amide bonds. The Kier molecular flexibility index (Phi) is 6.39. The Balaban J connectivity index is 1.72. The van der Waals surface area contributed by atoms with Gasteiger partial charge >= 0.3 is 0 Å². The van der Waals surface area contributed by atoms with Gasteiger partial charge in [0.25, 0.3) is 5.91 Å². The third-order valence-corrected chi connectivity index (χ3v) is 6.73. The number of hydrogen-bond donors (Lipinski definition) is 1. The number of benzene rings is 1. The van der Waals surface area contributed by atoms with E-state index in [1.54, 1.807) is 6.07 Å². The monoisotopic (exact) mass is 402 g/mol. The van der Waals surface area contributed by atoms with Crippen LogP contribution in [0.3, 0.4) is 0 Å². The van der Waals surface area contributed by atoms with E-state index in [2.05, 4.69) is 5.32 Å². The molecule has 0 unspecified atom stereocenters. The summed E-state index contributed by atoms with van der Waals surface area (Å²) >= 11 is 6.00. The third-order valence-electron chi connectivity index (χ3n) is 4.57. The first-order valence-electron chi connectivity index (χ1n) is 8.76. The van der Waals surface area contributed by atoms with Gasteiger partial charge in [-0.1, -0.05) is 24.4 Å². The number of morpholine rings is 1. The summed E-state index contributed by atoms with van der Waals surface area (Å²) in [5.74, 6) is -0.121. The molecule has 26 heavy (non-hydrogen) atoms. The van der Waals surface area contributed by atoms with Gasteiger partial charge in [0.1, 0.15) is 10.6 Å². The van der Waals surface area contributed by atoms with E-state index in [4.69, 9.17) is 21.1 Å². The van der Waals surface area contributed by atoms with Gasteiger partial charge in [-0.2, -0.15) is 4.31 Å². The van der Waals surface area contributed by atoms with Crippen LogP contribution in [0.1, 0.15) is 25.7 Å². The first-order valence-corrected chi connectivity index (χ1v) is 10.6. The van der Waals surface area contributed by atoms with Gasteiger partial charge in [0, 0.05) is 24.2 Å². The average molecular weight is 403 g/mol. The van der Waals surface area contributed by atoms with Gasteiger partial charge in [-0.05, 0) is 31.0 Å². The number of halogens is 1. The van der Waals surface area contributed by atoms with E-state index in [1.165, 1.54) is 16.4 Å². The van der Waals surface area contributed by atoms with Crippen LogP contribution in [0.15, 0.2) is 23.1 Å². The molecule has 0 radical (unpaired) electrons. The molecule has 1 saturated heterocycles. The molecule has 1 aromatic rings. The van der Waals surface area contributed by atoms with Crippen LogP contribution in [-0.2, 0) is 19.6 Å². The molecule has 1 saturated carbocycles. The maximum absolute atomic E-state index is 12.9. The number of carbonyl (C=O) groups is 1. The summed E-state index contributed by atoms with van der Waals surface area (Å²) in [5, 5.41) is 3.21. The standard InChI is InChI=1S/C17H23ClN2O5S/c18-13-5-6-15(25-12-17(21)19-14-3-1-2-4-14)16(11-13)26(22,23)20-7-9-24-10-8-20/h5-6,11,14H,1-4,7-10,12H2,(H,19,21). The van der Waals surface area contributed by atoms with Crippen LogP contribution in [0.5, 0.6) is 5.75 Å². The van der Waals surface area contributed by atoms with Gasteiger partial charge in [-0.15, -0.1) is 0 Å². The van der Waals surface area contributed by atoms with Crippen molar-refractivity contribution >= 4 is 27.5 Å². The van der Waals surface area contributed by atoms with E-state index in [1.807, 2.05) is 0 Å². The highest BCUT2D eigenvalue weighted by molar-refractivity contribution is 7.89. The SMILES string of the molecule is O=C(COc1ccc(Cl)cc1S(=O)(=O)N1CCOCC1)NC1CCCC1. The zero-order chi connectivity index (χ0) is 18.6. The summed E-state index contributed by atoms with van der Waals surface area (Å²) in [6.07, 6.45) is 4.18. The van der Waals surface area contributed by atoms with E-state index >= 15 is 0 Å². The number of nitrogens with one attached hydrogen (secondary N) is 1. The number of amides is 1. The fourth-order valence-electron chi connectivity index (χ4n) is 3.21. The Morgan fingerprint density at radius 2 is 1.96 bits per heavy atom. The molecule has 0 aromatic heterocycles. The molecule has 0 bridgehead atoms. The minimum atomic E-state index is -3.77. The summed E-state index contributed by atoms with van der Waals surface area (Å²) in [6.45, 7) is 1.01. The van der Waals surface area contributed by atoms with E-state index in [0.717, 1.165) is 25.7 Å². The van der Waals surface area contributed by atoms with Gasteiger partial charge in [-0.3, -0.25) is 4.79 Å². The van der Waals surface area contributed by atoms with Crippen molar-refractivity contribution in [1.82, 2.24) is 9.62 Å². The molecule has 1 aliphatic carbocycles. The number of sulfonamides is 1. The summed E-state index contributed by atoms with van der Waals surface area (Å²) in [7, 11) is -3.77. The van der Waals surface area contributed by atoms with Crippen molar-refractivity contribution in [1.29, 1.82) is 0 Å². The van der Waals surface area contributed by atoms with E-state index < -0.39 is 10.0 Å². The Labute approximate surface area is 158 Å². The Bertz CT molecular complexity index is 744. The van der Waals surface area contributed by atoms with Crippen LogP contribution >= 0.6 is 11.6 Å². The van der Waals surface area contributed by atoms with Crippen molar-refractivity contribution in [3.8, 4) is 5.75 Å². The van der Waals surface area contributed by atoms with E-state index in [0.29, 0.717) is 18.2 Å². The smallest absolute Gasteiger partial charge is 0.258 e. The maximum atomic E-state index is 12.9. The molecule has 1 aliphatic heterocycles. The lowest BCUT2D eigenvalue weighted by Gasteiger charge is -2.26. The Morgan fingerprint density at radius 3 is 2.65 bits per heavy atom. The molecular weight excluding hydrogens is 380 g/mol. The minimum absolute atomic E-state index is 0.0273. The van der Waals surface area contributed by atoms with Crippen LogP contribution in [0.2, 0.25) is 5.02 Å². The normalized spacial score (nSPS) is 19.4. The average Bonchev–Trinajstić information content (AvgIpc) is 3.14. The second-order valence-electron chi connectivity index (χ2n) is 6.45. The highest BCUT2D eigenvalue weighted by Crippen LogP contribution is 2.30. The second-order valence-corrected chi connectivity index (χ2v) is 8.79. The molecule has 1 N–H and O–H groups in total. The predicted octanol–water partition coefficient (Wildman–Crippen LogP) is 1.80. The van der Waals surface area contributed by atoms with Gasteiger partial charge in [0.2, 0.25) is 10.0 Å². The fourth-order valence-corrected chi connectivity index (χ4v) is 5.01. The number of hydrogen-bond acceptors (Lipinski definition) is 5. The van der Waals surface area contributed by atoms with Crippen molar-refractivity contribution in [2.24, 2.45) is 0 Å². The van der Waals surface area contributed by atoms with Gasteiger partial charge < -0.3 is 14.8 Å². The molecular formula is C17H23ClN2O5S. The lowest BCUT2D eigenvalue weighted by Crippen LogP contribution is -2.41. The van der Waals surface area contributed by atoms with Crippen LogP contribution in [0.25, 0.3) is 0 Å². The third kappa shape index (κ3) is 4.68. The molecule has 9 heteroatoms. The van der Waals surface area contributed by atoms with Crippen molar-refractivity contribution in [2.45, 2.75) is 36.6 Å². The van der Waals surface area contributed by atoms with E-state index in [-0.39, 0.29) is 42.3 Å². The number of rotatable bonds is 6. The molecule has 3 rings (SSSR count). The Morgan fingerprint density at radius 1 is 1.27 bits per heavy atom. The maximum Gasteiger partial charge on any atom is 0.258 e. The molecule has 2 aliphatic rings. The van der Waals surface area contributed by atoms with Crippen LogP contribution in [0.4, 0.5) is 0 Å². The lowest BCUT2D eigenvalue weighted by atomic mass is 10.2. The summed E-state index contributed by atoms with van der Waals surface area (Å²) < 4.78 is 37.9. The molecule has 2 fully saturated rings. The molecule has 144 valence electrons. The highest BCUT2D eigenvalue weighted by atomic mass is 35.5. The largest absolute Gasteiger partial charge is 0.482 e. The topological polar surface area (TPSA) is 84.9 Å². The zero-order valence-electron chi connectivity index (χ0n) is 14.4. The van der Waals surface area contributed by atoms with Crippen LogP contribution in [0, 0.1) is 0 Å². The summed E-state index contributed by atoms with van der Waals surface area (Å²) in [4.78, 5) is 12.0. The van der Waals surface area contributed by atoms with Gasteiger partial charge in [0.15, 0.2) is 6.61 Å². The Hall–Kier alpha value is -1.35. The number of ether oxygens (including phenoxy) is 2. The fraction of sp³-hybridized carbons (Fsp3) is 0.588. The summed E-state index contributed by atoms with van der Waals surface area (Å²) in [5.41, 5.74) is 0. The molecule has 7 nitrogen and oxygen atoms in total. The van der Waals surface area contributed by atoms with Crippen LogP contribution in [-0.4, -0.2) is 57.6 Å². The first-order chi connectivity index (χ1) is 12.5. The quantitative estimate of drug-likeness (QED) is 0.784. The molecule has 1 heterocycles. The molecule has 1 aromatic carbocycles. The van der Waals surface area contributed by atoms with Crippen LogP contribution < -0.4 is 10.1 Å². The van der Waals surface area contributed by atoms with Crippen molar-refractivity contribution in [2.75, 3.05) is 32.9 Å². The number of nitrogens with zero attached hydrogens (tertiary/aromatic N) is 1. The van der Waals surface area contributed by atoms with Gasteiger partial charge in [-0.25, -0.2) is 8.42 Å².